The smallest absolute Gasteiger partial charge is 0.226 e. The first kappa shape index (κ1) is 14.4. The van der Waals surface area contributed by atoms with Crippen molar-refractivity contribution in [3.8, 4) is 5.75 Å². The van der Waals surface area contributed by atoms with E-state index in [9.17, 15) is 4.79 Å². The summed E-state index contributed by atoms with van der Waals surface area (Å²) in [5.74, 6) is 1.21. The van der Waals surface area contributed by atoms with Crippen molar-refractivity contribution in [1.82, 2.24) is 4.90 Å². The van der Waals surface area contributed by atoms with Crippen LogP contribution in [0.4, 0.5) is 0 Å². The Morgan fingerprint density at radius 3 is 2.95 bits per heavy atom. The summed E-state index contributed by atoms with van der Waals surface area (Å²) in [6, 6.07) is 6.16. The third kappa shape index (κ3) is 3.38. The zero-order chi connectivity index (χ0) is 14.7. The molecule has 0 saturated carbocycles. The summed E-state index contributed by atoms with van der Waals surface area (Å²) in [5.41, 5.74) is 2.34. The second-order valence-electron chi connectivity index (χ2n) is 5.89. The van der Waals surface area contributed by atoms with Crippen molar-refractivity contribution in [3.63, 3.8) is 0 Å². The lowest BCUT2D eigenvalue weighted by atomic mass is 10.0. The van der Waals surface area contributed by atoms with Gasteiger partial charge >= 0.3 is 0 Å². The molecular formula is C17H23NO3. The highest BCUT2D eigenvalue weighted by molar-refractivity contribution is 5.79. The van der Waals surface area contributed by atoms with Crippen molar-refractivity contribution in [2.75, 3.05) is 26.8 Å². The zero-order valence-electron chi connectivity index (χ0n) is 12.6. The number of methoxy groups -OCH3 is 1. The number of benzene rings is 1. The summed E-state index contributed by atoms with van der Waals surface area (Å²) in [7, 11) is 1.75. The minimum Gasteiger partial charge on any atom is -0.493 e. The molecule has 1 saturated heterocycles. The molecule has 21 heavy (non-hydrogen) atoms. The van der Waals surface area contributed by atoms with Crippen molar-refractivity contribution in [1.29, 1.82) is 0 Å². The molecule has 0 unspecified atom stereocenters. The van der Waals surface area contributed by atoms with Crippen molar-refractivity contribution in [2.45, 2.75) is 38.2 Å². The third-order valence-corrected chi connectivity index (χ3v) is 4.46. The zero-order valence-corrected chi connectivity index (χ0v) is 12.6. The summed E-state index contributed by atoms with van der Waals surface area (Å²) >= 11 is 0. The highest BCUT2D eigenvalue weighted by Crippen LogP contribution is 2.26. The number of piperidine rings is 1. The van der Waals surface area contributed by atoms with Gasteiger partial charge in [0, 0.05) is 20.2 Å². The van der Waals surface area contributed by atoms with E-state index in [0.717, 1.165) is 56.7 Å². The van der Waals surface area contributed by atoms with Gasteiger partial charge in [-0.2, -0.15) is 0 Å². The van der Waals surface area contributed by atoms with Gasteiger partial charge in [-0.05, 0) is 42.9 Å². The van der Waals surface area contributed by atoms with Gasteiger partial charge in [0.2, 0.25) is 5.91 Å². The molecule has 2 aliphatic rings. The number of nitrogens with zero attached hydrogens (tertiary/aromatic N) is 1. The highest BCUT2D eigenvalue weighted by atomic mass is 16.5. The summed E-state index contributed by atoms with van der Waals surface area (Å²) in [6.07, 6.45) is 4.81. The first-order valence-electron chi connectivity index (χ1n) is 7.81. The van der Waals surface area contributed by atoms with Crippen LogP contribution in [-0.2, 0) is 22.4 Å². The van der Waals surface area contributed by atoms with Crippen molar-refractivity contribution in [3.05, 3.63) is 29.3 Å². The van der Waals surface area contributed by atoms with Crippen molar-refractivity contribution in [2.24, 2.45) is 0 Å². The van der Waals surface area contributed by atoms with Gasteiger partial charge in [-0.25, -0.2) is 0 Å². The largest absolute Gasteiger partial charge is 0.493 e. The van der Waals surface area contributed by atoms with Crippen LogP contribution in [-0.4, -0.2) is 43.7 Å². The maximum atomic E-state index is 12.4. The molecule has 0 bridgehead atoms. The molecule has 0 radical (unpaired) electrons. The van der Waals surface area contributed by atoms with E-state index in [1.807, 2.05) is 17.0 Å². The minimum atomic E-state index is 0.223. The second kappa shape index (κ2) is 6.48. The molecule has 0 spiro atoms. The summed E-state index contributed by atoms with van der Waals surface area (Å²) in [4.78, 5) is 14.3. The minimum absolute atomic E-state index is 0.223. The lowest BCUT2D eigenvalue weighted by Crippen LogP contribution is -2.41. The molecule has 3 rings (SSSR count). The number of ether oxygens (including phenoxy) is 2. The fourth-order valence-corrected chi connectivity index (χ4v) is 3.15. The van der Waals surface area contributed by atoms with E-state index in [2.05, 4.69) is 6.07 Å². The third-order valence-electron chi connectivity index (χ3n) is 4.46. The van der Waals surface area contributed by atoms with Gasteiger partial charge in [0.05, 0.1) is 19.1 Å². The van der Waals surface area contributed by atoms with Crippen LogP contribution in [0.25, 0.3) is 0 Å². The molecule has 4 nitrogen and oxygen atoms in total. The lowest BCUT2D eigenvalue weighted by Gasteiger charge is -2.31. The number of rotatable bonds is 3. The molecule has 2 heterocycles. The van der Waals surface area contributed by atoms with Crippen LogP contribution >= 0.6 is 0 Å². The lowest BCUT2D eigenvalue weighted by molar-refractivity contribution is -0.132. The van der Waals surface area contributed by atoms with Gasteiger partial charge in [0.15, 0.2) is 0 Å². The molecule has 0 aromatic heterocycles. The molecule has 2 aliphatic heterocycles. The average molecular weight is 289 g/mol. The van der Waals surface area contributed by atoms with Crippen LogP contribution in [0.5, 0.6) is 5.75 Å². The Bertz CT molecular complexity index is 507. The molecule has 1 aromatic carbocycles. The van der Waals surface area contributed by atoms with Crippen LogP contribution < -0.4 is 4.74 Å². The van der Waals surface area contributed by atoms with E-state index >= 15 is 0 Å². The van der Waals surface area contributed by atoms with Crippen LogP contribution in [0.2, 0.25) is 0 Å². The summed E-state index contributed by atoms with van der Waals surface area (Å²) < 4.78 is 11.0. The maximum absolute atomic E-state index is 12.4. The summed E-state index contributed by atoms with van der Waals surface area (Å²) in [5, 5.41) is 0. The molecule has 1 fully saturated rings. The average Bonchev–Trinajstić information content (AvgIpc) is 2.55. The Balaban J connectivity index is 1.60. The Kier molecular flexibility index (Phi) is 4.44. The van der Waals surface area contributed by atoms with Gasteiger partial charge in [0.1, 0.15) is 5.75 Å². The van der Waals surface area contributed by atoms with Crippen LogP contribution in [0.1, 0.15) is 30.4 Å². The first-order chi connectivity index (χ1) is 10.3. The number of hydrogen-bond donors (Lipinski definition) is 0. The van der Waals surface area contributed by atoms with Crippen molar-refractivity contribution < 1.29 is 14.3 Å². The predicted octanol–water partition coefficient (Wildman–Crippen LogP) is 2.19. The van der Waals surface area contributed by atoms with Gasteiger partial charge in [0.25, 0.3) is 0 Å². The van der Waals surface area contributed by atoms with Gasteiger partial charge in [-0.1, -0.05) is 12.1 Å². The van der Waals surface area contributed by atoms with Gasteiger partial charge in [-0.15, -0.1) is 0 Å². The van der Waals surface area contributed by atoms with Crippen LogP contribution in [0.15, 0.2) is 18.2 Å². The fourth-order valence-electron chi connectivity index (χ4n) is 3.15. The Morgan fingerprint density at radius 1 is 1.38 bits per heavy atom. The summed E-state index contributed by atoms with van der Waals surface area (Å²) in [6.45, 7) is 2.43. The van der Waals surface area contributed by atoms with Crippen LogP contribution in [0, 0.1) is 0 Å². The molecule has 4 heteroatoms. The Hall–Kier alpha value is -1.55. The molecule has 114 valence electrons. The normalized spacial score (nSPS) is 19.0. The van der Waals surface area contributed by atoms with E-state index in [-0.39, 0.29) is 5.91 Å². The first-order valence-corrected chi connectivity index (χ1v) is 7.81. The fraction of sp³-hybridized carbons (Fsp3) is 0.588. The molecule has 0 aliphatic carbocycles. The maximum Gasteiger partial charge on any atom is 0.226 e. The second-order valence-corrected chi connectivity index (χ2v) is 5.89. The molecule has 0 atom stereocenters. The number of carbonyl (C=O) groups is 1. The molecule has 0 N–H and O–H groups in total. The number of fused-ring (bicyclic) bond motifs is 1. The quantitative estimate of drug-likeness (QED) is 0.856. The van der Waals surface area contributed by atoms with Gasteiger partial charge < -0.3 is 14.4 Å². The predicted molar refractivity (Wildman–Crippen MR) is 80.6 cm³/mol. The van der Waals surface area contributed by atoms with E-state index in [1.54, 1.807) is 7.11 Å². The molecule has 1 amide bonds. The SMILES string of the molecule is COC1CCN(C(=O)Cc2ccc3c(c2)CCCO3)CC1. The Labute approximate surface area is 126 Å². The number of carbonyl (C=O) groups excluding carboxylic acids is 1. The monoisotopic (exact) mass is 289 g/mol. The molecular weight excluding hydrogens is 266 g/mol. The molecule has 1 aromatic rings. The van der Waals surface area contributed by atoms with E-state index in [0.29, 0.717) is 12.5 Å². The van der Waals surface area contributed by atoms with E-state index in [1.165, 1.54) is 5.56 Å². The van der Waals surface area contributed by atoms with E-state index < -0.39 is 0 Å². The Morgan fingerprint density at radius 2 is 2.19 bits per heavy atom. The van der Waals surface area contributed by atoms with Gasteiger partial charge in [-0.3, -0.25) is 4.79 Å². The van der Waals surface area contributed by atoms with Crippen LogP contribution in [0.3, 0.4) is 0 Å². The van der Waals surface area contributed by atoms with E-state index in [4.69, 9.17) is 9.47 Å². The number of hydrogen-bond acceptors (Lipinski definition) is 3. The van der Waals surface area contributed by atoms with Crippen molar-refractivity contribution >= 4 is 5.91 Å². The number of likely N-dealkylation sites (tertiary alicyclic amines) is 1. The topological polar surface area (TPSA) is 38.8 Å². The number of amides is 1. The standard InChI is InChI=1S/C17H23NO3/c1-20-15-6-8-18(9-7-15)17(19)12-13-4-5-16-14(11-13)3-2-10-21-16/h4-5,11,15H,2-3,6-10,12H2,1H3. The number of aryl methyl sites for hydroxylation is 1. The highest BCUT2D eigenvalue weighted by Gasteiger charge is 2.22.